The first kappa shape index (κ1) is 13.5. The number of hydrogen-bond acceptors (Lipinski definition) is 3. The molecule has 2 N–H and O–H groups in total. The van der Waals surface area contributed by atoms with Crippen LogP contribution in [-0.2, 0) is 11.3 Å². The van der Waals surface area contributed by atoms with Crippen molar-refractivity contribution < 1.29 is 14.0 Å². The number of carbonyl (C=O) groups excluding carboxylic acids is 2. The molecule has 2 heterocycles. The Balaban J connectivity index is 1.84. The van der Waals surface area contributed by atoms with Crippen molar-refractivity contribution >= 4 is 27.9 Å². The van der Waals surface area contributed by atoms with Crippen molar-refractivity contribution in [2.75, 3.05) is 13.1 Å². The van der Waals surface area contributed by atoms with Crippen LogP contribution in [0.3, 0.4) is 0 Å². The number of amides is 3. The molecule has 20 heavy (non-hydrogen) atoms. The molecule has 1 unspecified atom stereocenters. The summed E-state index contributed by atoms with van der Waals surface area (Å²) in [4.78, 5) is 25.4. The Labute approximate surface area is 123 Å². The average molecular weight is 342 g/mol. The highest BCUT2D eigenvalue weighted by Gasteiger charge is 2.52. The van der Waals surface area contributed by atoms with Gasteiger partial charge in [0, 0.05) is 16.6 Å². The second-order valence-corrected chi connectivity index (χ2v) is 5.98. The maximum Gasteiger partial charge on any atom is 0.325 e. The number of imide groups is 1. The molecule has 1 spiro atoms. The lowest BCUT2D eigenvalue weighted by Gasteiger charge is -2.19. The highest BCUT2D eigenvalue weighted by molar-refractivity contribution is 9.10. The van der Waals surface area contributed by atoms with Crippen LogP contribution >= 0.6 is 15.9 Å². The van der Waals surface area contributed by atoms with Gasteiger partial charge in [0.1, 0.15) is 11.4 Å². The van der Waals surface area contributed by atoms with Crippen LogP contribution in [0.25, 0.3) is 0 Å². The molecular weight excluding hydrogens is 329 g/mol. The number of nitrogens with zero attached hydrogens (tertiary/aromatic N) is 1. The third kappa shape index (κ3) is 2.10. The maximum absolute atomic E-state index is 13.8. The molecule has 7 heteroatoms. The molecule has 0 saturated carbocycles. The fourth-order valence-corrected chi connectivity index (χ4v) is 2.95. The van der Waals surface area contributed by atoms with Gasteiger partial charge >= 0.3 is 6.03 Å². The van der Waals surface area contributed by atoms with E-state index in [1.165, 1.54) is 6.07 Å². The molecule has 2 aliphatic heterocycles. The maximum atomic E-state index is 13.8. The molecule has 2 fully saturated rings. The Bertz CT molecular complexity index is 587. The van der Waals surface area contributed by atoms with Gasteiger partial charge in [0.2, 0.25) is 0 Å². The molecule has 0 aromatic heterocycles. The summed E-state index contributed by atoms with van der Waals surface area (Å²) in [5.74, 6) is -0.722. The number of carbonyl (C=O) groups is 2. The van der Waals surface area contributed by atoms with Gasteiger partial charge < -0.3 is 10.6 Å². The van der Waals surface area contributed by atoms with Crippen LogP contribution in [0, 0.1) is 5.82 Å². The summed E-state index contributed by atoms with van der Waals surface area (Å²) < 4.78 is 14.4. The lowest BCUT2D eigenvalue weighted by atomic mass is 9.99. The van der Waals surface area contributed by atoms with Crippen molar-refractivity contribution in [3.05, 3.63) is 34.1 Å². The quantitative estimate of drug-likeness (QED) is 0.799. The predicted molar refractivity (Wildman–Crippen MR) is 73.4 cm³/mol. The number of benzene rings is 1. The van der Waals surface area contributed by atoms with Gasteiger partial charge in [-0.3, -0.25) is 9.69 Å². The van der Waals surface area contributed by atoms with Gasteiger partial charge in [-0.15, -0.1) is 0 Å². The second kappa shape index (κ2) is 4.82. The highest BCUT2D eigenvalue weighted by atomic mass is 79.9. The SMILES string of the molecule is O=C1NC2(CCNC2)C(=O)N1Cc1ccc(Br)cc1F. The molecule has 0 aliphatic carbocycles. The molecule has 106 valence electrons. The zero-order valence-electron chi connectivity index (χ0n) is 10.6. The van der Waals surface area contributed by atoms with Gasteiger partial charge in [-0.25, -0.2) is 9.18 Å². The van der Waals surface area contributed by atoms with Crippen molar-refractivity contribution in [2.45, 2.75) is 18.5 Å². The lowest BCUT2D eigenvalue weighted by Crippen LogP contribution is -2.48. The normalized spacial score (nSPS) is 25.6. The Morgan fingerprint density at radius 1 is 1.40 bits per heavy atom. The van der Waals surface area contributed by atoms with Crippen LogP contribution < -0.4 is 10.6 Å². The van der Waals surface area contributed by atoms with Gasteiger partial charge in [0.25, 0.3) is 5.91 Å². The summed E-state index contributed by atoms with van der Waals surface area (Å²) >= 11 is 3.17. The number of rotatable bonds is 2. The van der Waals surface area contributed by atoms with Crippen molar-refractivity contribution in [1.29, 1.82) is 0 Å². The van der Waals surface area contributed by atoms with Crippen LogP contribution in [0.4, 0.5) is 9.18 Å². The Morgan fingerprint density at radius 2 is 2.20 bits per heavy atom. The molecule has 1 atom stereocenters. The second-order valence-electron chi connectivity index (χ2n) is 5.07. The predicted octanol–water partition coefficient (Wildman–Crippen LogP) is 1.37. The summed E-state index contributed by atoms with van der Waals surface area (Å²) in [5, 5.41) is 5.79. The molecule has 3 rings (SSSR count). The molecular formula is C13H13BrFN3O2. The molecule has 1 aromatic carbocycles. The minimum Gasteiger partial charge on any atom is -0.322 e. The zero-order chi connectivity index (χ0) is 14.3. The van der Waals surface area contributed by atoms with Crippen molar-refractivity contribution in [3.63, 3.8) is 0 Å². The van der Waals surface area contributed by atoms with E-state index in [4.69, 9.17) is 0 Å². The summed E-state index contributed by atoms with van der Waals surface area (Å²) in [6, 6.07) is 4.11. The van der Waals surface area contributed by atoms with E-state index in [0.717, 1.165) is 4.90 Å². The Morgan fingerprint density at radius 3 is 2.85 bits per heavy atom. The summed E-state index contributed by atoms with van der Waals surface area (Å²) in [6.07, 6.45) is 0.566. The van der Waals surface area contributed by atoms with E-state index in [-0.39, 0.29) is 12.5 Å². The molecule has 2 saturated heterocycles. The molecule has 3 amide bonds. The zero-order valence-corrected chi connectivity index (χ0v) is 12.2. The van der Waals surface area contributed by atoms with Crippen LogP contribution in [0.2, 0.25) is 0 Å². The summed E-state index contributed by atoms with van der Waals surface area (Å²) in [7, 11) is 0. The van der Waals surface area contributed by atoms with Gasteiger partial charge in [0.15, 0.2) is 0 Å². The first-order valence-corrected chi connectivity index (χ1v) is 7.10. The number of nitrogens with one attached hydrogen (secondary N) is 2. The van der Waals surface area contributed by atoms with Gasteiger partial charge in [-0.05, 0) is 25.1 Å². The third-order valence-corrected chi connectivity index (χ3v) is 4.24. The van der Waals surface area contributed by atoms with E-state index in [2.05, 4.69) is 26.6 Å². The lowest BCUT2D eigenvalue weighted by molar-refractivity contribution is -0.131. The number of halogens is 2. The number of urea groups is 1. The first-order valence-electron chi connectivity index (χ1n) is 6.31. The van der Waals surface area contributed by atoms with Crippen LogP contribution in [-0.4, -0.2) is 35.5 Å². The van der Waals surface area contributed by atoms with Crippen LogP contribution in [0.5, 0.6) is 0 Å². The van der Waals surface area contributed by atoms with Crippen molar-refractivity contribution in [2.24, 2.45) is 0 Å². The minimum atomic E-state index is -0.844. The number of hydrogen-bond donors (Lipinski definition) is 2. The molecule has 5 nitrogen and oxygen atoms in total. The smallest absolute Gasteiger partial charge is 0.322 e. The summed E-state index contributed by atoms with van der Waals surface area (Å²) in [6.45, 7) is 1.06. The minimum absolute atomic E-state index is 0.0501. The van der Waals surface area contributed by atoms with Crippen molar-refractivity contribution in [3.8, 4) is 0 Å². The first-order chi connectivity index (χ1) is 9.52. The van der Waals surface area contributed by atoms with Crippen molar-refractivity contribution in [1.82, 2.24) is 15.5 Å². The third-order valence-electron chi connectivity index (χ3n) is 3.74. The molecule has 2 aliphatic rings. The fourth-order valence-electron chi connectivity index (χ4n) is 2.62. The van der Waals surface area contributed by atoms with Gasteiger partial charge in [-0.2, -0.15) is 0 Å². The molecule has 0 radical (unpaired) electrons. The standard InChI is InChI=1S/C13H13BrFN3O2/c14-9-2-1-8(10(15)5-9)6-18-11(19)13(17-12(18)20)3-4-16-7-13/h1-2,5,16H,3-4,6-7H2,(H,17,20). The molecule has 0 bridgehead atoms. The average Bonchev–Trinajstić information content (AvgIpc) is 2.94. The Hall–Kier alpha value is -1.47. The van der Waals surface area contributed by atoms with E-state index in [9.17, 15) is 14.0 Å². The van der Waals surface area contributed by atoms with E-state index in [1.54, 1.807) is 12.1 Å². The van der Waals surface area contributed by atoms with E-state index in [1.807, 2.05) is 0 Å². The Kier molecular flexibility index (Phi) is 3.25. The van der Waals surface area contributed by atoms with Crippen LogP contribution in [0.15, 0.2) is 22.7 Å². The molecule has 1 aromatic rings. The van der Waals surface area contributed by atoms with E-state index < -0.39 is 17.4 Å². The van der Waals surface area contributed by atoms with E-state index >= 15 is 0 Å². The fraction of sp³-hybridized carbons (Fsp3) is 0.385. The topological polar surface area (TPSA) is 61.4 Å². The van der Waals surface area contributed by atoms with Crippen LogP contribution in [0.1, 0.15) is 12.0 Å². The monoisotopic (exact) mass is 341 g/mol. The van der Waals surface area contributed by atoms with Gasteiger partial charge in [-0.1, -0.05) is 22.0 Å². The van der Waals surface area contributed by atoms with Gasteiger partial charge in [0.05, 0.1) is 6.54 Å². The summed E-state index contributed by atoms with van der Waals surface area (Å²) in [5.41, 5.74) is -0.525. The van der Waals surface area contributed by atoms with E-state index in [0.29, 0.717) is 29.5 Å². The highest BCUT2D eigenvalue weighted by Crippen LogP contribution is 2.26. The largest absolute Gasteiger partial charge is 0.325 e.